The summed E-state index contributed by atoms with van der Waals surface area (Å²) in [5.41, 5.74) is 0. The Bertz CT molecular complexity index is 708. The number of hydrogen-bond donors (Lipinski definition) is 0. The Balaban J connectivity index is 1.40. The predicted octanol–water partition coefficient (Wildman–Crippen LogP) is 0.264. The summed E-state index contributed by atoms with van der Waals surface area (Å²) in [4.78, 5) is 23.0. The lowest BCUT2D eigenvalue weighted by Gasteiger charge is -2.35. The molecular formula is C16H20N6O3. The first kappa shape index (κ1) is 15.8. The molecule has 0 atom stereocenters. The molecular weight excluding hydrogens is 324 g/mol. The summed E-state index contributed by atoms with van der Waals surface area (Å²) in [7, 11) is 0. The smallest absolute Gasteiger partial charge is 0.289 e. The van der Waals surface area contributed by atoms with Gasteiger partial charge in [-0.25, -0.2) is 0 Å². The average Bonchev–Trinajstić information content (AvgIpc) is 3.23. The number of aromatic nitrogens is 3. The molecule has 1 amide bonds. The molecule has 2 fully saturated rings. The summed E-state index contributed by atoms with van der Waals surface area (Å²) in [5.74, 6) is 1.74. The number of morpholine rings is 1. The van der Waals surface area contributed by atoms with E-state index in [2.05, 4.69) is 25.0 Å². The van der Waals surface area contributed by atoms with Gasteiger partial charge in [-0.15, -0.1) is 5.10 Å². The number of rotatable bonds is 3. The van der Waals surface area contributed by atoms with Crippen LogP contribution in [0.25, 0.3) is 0 Å². The number of piperazine rings is 1. The van der Waals surface area contributed by atoms with Crippen molar-refractivity contribution >= 4 is 17.7 Å². The molecule has 2 aromatic rings. The second kappa shape index (κ2) is 7.06. The molecule has 0 unspecified atom stereocenters. The molecule has 0 N–H and O–H groups in total. The van der Waals surface area contributed by atoms with Gasteiger partial charge in [0.2, 0.25) is 5.95 Å². The quantitative estimate of drug-likeness (QED) is 0.784. The van der Waals surface area contributed by atoms with Crippen LogP contribution < -0.4 is 9.80 Å². The normalized spacial score (nSPS) is 18.5. The lowest BCUT2D eigenvalue weighted by Crippen LogP contribution is -2.49. The Hall–Kier alpha value is -2.68. The molecule has 0 aliphatic carbocycles. The van der Waals surface area contributed by atoms with Crippen molar-refractivity contribution in [2.75, 3.05) is 62.3 Å². The van der Waals surface area contributed by atoms with Crippen LogP contribution in [0.3, 0.4) is 0 Å². The summed E-state index contributed by atoms with van der Waals surface area (Å²) in [5, 5.41) is 8.24. The van der Waals surface area contributed by atoms with E-state index in [1.165, 1.54) is 6.26 Å². The fourth-order valence-electron chi connectivity index (χ4n) is 3.03. The highest BCUT2D eigenvalue weighted by atomic mass is 16.5. The van der Waals surface area contributed by atoms with Crippen molar-refractivity contribution in [1.82, 2.24) is 20.1 Å². The average molecular weight is 344 g/mol. The van der Waals surface area contributed by atoms with Gasteiger partial charge in [0.1, 0.15) is 0 Å². The minimum Gasteiger partial charge on any atom is -0.459 e. The molecule has 4 rings (SSSR count). The standard InChI is InChI=1S/C16H20N6O3/c23-15(13-2-1-9-25-13)21-5-3-20(4-6-21)14-12-17-19-16(18-14)22-7-10-24-11-8-22/h1-2,9,12H,3-8,10-11H2. The Morgan fingerprint density at radius 3 is 2.56 bits per heavy atom. The highest BCUT2D eigenvalue weighted by molar-refractivity contribution is 5.91. The van der Waals surface area contributed by atoms with Gasteiger partial charge in [-0.2, -0.15) is 10.1 Å². The predicted molar refractivity (Wildman–Crippen MR) is 89.7 cm³/mol. The molecule has 25 heavy (non-hydrogen) atoms. The van der Waals surface area contributed by atoms with Gasteiger partial charge in [-0.05, 0) is 12.1 Å². The van der Waals surface area contributed by atoms with Crippen molar-refractivity contribution in [2.45, 2.75) is 0 Å². The number of anilines is 2. The van der Waals surface area contributed by atoms with E-state index in [9.17, 15) is 4.79 Å². The van der Waals surface area contributed by atoms with Crippen molar-refractivity contribution in [2.24, 2.45) is 0 Å². The third-order valence-electron chi connectivity index (χ3n) is 4.45. The lowest BCUT2D eigenvalue weighted by molar-refractivity contribution is 0.0714. The summed E-state index contributed by atoms with van der Waals surface area (Å²) >= 11 is 0. The fourth-order valence-corrected chi connectivity index (χ4v) is 3.03. The van der Waals surface area contributed by atoms with Crippen LogP contribution in [0.1, 0.15) is 10.6 Å². The Kier molecular flexibility index (Phi) is 4.47. The van der Waals surface area contributed by atoms with Crippen LogP contribution in [0.2, 0.25) is 0 Å². The zero-order chi connectivity index (χ0) is 17.1. The Morgan fingerprint density at radius 1 is 1.04 bits per heavy atom. The zero-order valence-corrected chi connectivity index (χ0v) is 13.9. The second-order valence-electron chi connectivity index (χ2n) is 5.97. The number of carbonyl (C=O) groups is 1. The molecule has 2 aliphatic heterocycles. The van der Waals surface area contributed by atoms with Crippen LogP contribution in [-0.4, -0.2) is 78.5 Å². The molecule has 9 nitrogen and oxygen atoms in total. The van der Waals surface area contributed by atoms with Crippen LogP contribution in [-0.2, 0) is 4.74 Å². The van der Waals surface area contributed by atoms with Crippen molar-refractivity contribution in [3.63, 3.8) is 0 Å². The molecule has 9 heteroatoms. The number of furan rings is 1. The number of carbonyl (C=O) groups excluding carboxylic acids is 1. The highest BCUT2D eigenvalue weighted by Gasteiger charge is 2.25. The van der Waals surface area contributed by atoms with Crippen LogP contribution in [0.4, 0.5) is 11.8 Å². The molecule has 132 valence electrons. The van der Waals surface area contributed by atoms with E-state index in [0.29, 0.717) is 51.1 Å². The molecule has 2 aliphatic rings. The van der Waals surface area contributed by atoms with E-state index in [1.807, 2.05) is 0 Å². The second-order valence-corrected chi connectivity index (χ2v) is 5.97. The summed E-state index contributed by atoms with van der Waals surface area (Å²) in [6, 6.07) is 3.42. The molecule has 0 aromatic carbocycles. The Morgan fingerprint density at radius 2 is 1.84 bits per heavy atom. The van der Waals surface area contributed by atoms with Crippen LogP contribution >= 0.6 is 0 Å². The van der Waals surface area contributed by atoms with E-state index in [4.69, 9.17) is 9.15 Å². The van der Waals surface area contributed by atoms with Gasteiger partial charge >= 0.3 is 0 Å². The highest BCUT2D eigenvalue weighted by Crippen LogP contribution is 2.17. The number of ether oxygens (including phenoxy) is 1. The van der Waals surface area contributed by atoms with Gasteiger partial charge in [0.15, 0.2) is 11.6 Å². The van der Waals surface area contributed by atoms with Crippen LogP contribution in [0.5, 0.6) is 0 Å². The third kappa shape index (κ3) is 3.41. The summed E-state index contributed by atoms with van der Waals surface area (Å²) < 4.78 is 10.6. The lowest BCUT2D eigenvalue weighted by atomic mass is 10.3. The first-order valence-corrected chi connectivity index (χ1v) is 8.41. The summed E-state index contributed by atoms with van der Waals surface area (Å²) in [6.45, 7) is 5.56. The molecule has 4 heterocycles. The largest absolute Gasteiger partial charge is 0.459 e. The van der Waals surface area contributed by atoms with E-state index in [-0.39, 0.29) is 5.91 Å². The monoisotopic (exact) mass is 344 g/mol. The molecule has 2 aromatic heterocycles. The number of hydrogen-bond acceptors (Lipinski definition) is 8. The third-order valence-corrected chi connectivity index (χ3v) is 4.45. The van der Waals surface area contributed by atoms with Crippen molar-refractivity contribution in [3.05, 3.63) is 30.4 Å². The van der Waals surface area contributed by atoms with Crippen LogP contribution in [0.15, 0.2) is 29.0 Å². The first-order valence-electron chi connectivity index (χ1n) is 8.41. The van der Waals surface area contributed by atoms with Crippen molar-refractivity contribution in [3.8, 4) is 0 Å². The molecule has 0 radical (unpaired) electrons. The first-order chi connectivity index (χ1) is 12.3. The Labute approximate surface area is 145 Å². The number of nitrogens with zero attached hydrogens (tertiary/aromatic N) is 6. The molecule has 0 saturated carbocycles. The van der Waals surface area contributed by atoms with E-state index in [0.717, 1.165) is 18.9 Å². The SMILES string of the molecule is O=C(c1ccco1)N1CCN(c2cnnc(N3CCOCC3)n2)CC1. The maximum Gasteiger partial charge on any atom is 0.289 e. The zero-order valence-electron chi connectivity index (χ0n) is 13.9. The van der Waals surface area contributed by atoms with Gasteiger partial charge in [-0.1, -0.05) is 0 Å². The van der Waals surface area contributed by atoms with Crippen LogP contribution in [0, 0.1) is 0 Å². The van der Waals surface area contributed by atoms with E-state index < -0.39 is 0 Å². The summed E-state index contributed by atoms with van der Waals surface area (Å²) in [6.07, 6.45) is 3.19. The molecule has 2 saturated heterocycles. The number of amides is 1. The van der Waals surface area contributed by atoms with Crippen molar-refractivity contribution in [1.29, 1.82) is 0 Å². The van der Waals surface area contributed by atoms with Gasteiger partial charge < -0.3 is 23.9 Å². The van der Waals surface area contributed by atoms with Crippen molar-refractivity contribution < 1.29 is 13.9 Å². The van der Waals surface area contributed by atoms with Gasteiger partial charge in [0.05, 0.1) is 25.7 Å². The van der Waals surface area contributed by atoms with Gasteiger partial charge in [-0.3, -0.25) is 4.79 Å². The van der Waals surface area contributed by atoms with E-state index in [1.54, 1.807) is 23.2 Å². The van der Waals surface area contributed by atoms with Gasteiger partial charge in [0, 0.05) is 39.3 Å². The minimum atomic E-state index is -0.0699. The minimum absolute atomic E-state index is 0.0699. The fraction of sp³-hybridized carbons (Fsp3) is 0.500. The topological polar surface area (TPSA) is 87.8 Å². The molecule has 0 bridgehead atoms. The maximum absolute atomic E-state index is 12.3. The van der Waals surface area contributed by atoms with E-state index >= 15 is 0 Å². The maximum atomic E-state index is 12.3. The van der Waals surface area contributed by atoms with Gasteiger partial charge in [0.25, 0.3) is 5.91 Å². The molecule has 0 spiro atoms.